The largest absolute Gasteiger partial charge is 0.339 e. The summed E-state index contributed by atoms with van der Waals surface area (Å²) in [6.45, 7) is 4.26. The molecule has 4 rings (SSSR count). The van der Waals surface area contributed by atoms with E-state index >= 15 is 0 Å². The Hall–Kier alpha value is -2.78. The van der Waals surface area contributed by atoms with Crippen molar-refractivity contribution in [1.82, 2.24) is 24.0 Å². The lowest BCUT2D eigenvalue weighted by Gasteiger charge is -2.35. The van der Waals surface area contributed by atoms with E-state index in [0.29, 0.717) is 54.2 Å². The van der Waals surface area contributed by atoms with Crippen molar-refractivity contribution < 1.29 is 4.79 Å². The minimum Gasteiger partial charge on any atom is -0.339 e. The molecule has 0 aliphatic carbocycles. The van der Waals surface area contributed by atoms with E-state index in [4.69, 9.17) is 23.2 Å². The van der Waals surface area contributed by atoms with Gasteiger partial charge in [-0.15, -0.1) is 0 Å². The Kier molecular flexibility index (Phi) is 5.81. The first-order valence-corrected chi connectivity index (χ1v) is 10.7. The molecule has 1 N–H and O–H groups in total. The highest BCUT2D eigenvalue weighted by Gasteiger charge is 2.26. The molecule has 1 fully saturated rings. The third-order valence-electron chi connectivity index (χ3n) is 5.58. The zero-order valence-corrected chi connectivity index (χ0v) is 18.7. The first kappa shape index (κ1) is 21.5. The minimum absolute atomic E-state index is 0.106. The second-order valence-corrected chi connectivity index (χ2v) is 8.22. The number of halogens is 2. The van der Waals surface area contributed by atoms with Crippen molar-refractivity contribution in [3.05, 3.63) is 54.6 Å². The molecule has 1 aromatic carbocycles. The molecule has 1 aliphatic heterocycles. The van der Waals surface area contributed by atoms with Gasteiger partial charge in [0, 0.05) is 55.3 Å². The zero-order valence-electron chi connectivity index (χ0n) is 17.2. The van der Waals surface area contributed by atoms with Crippen LogP contribution in [0.4, 0.5) is 5.95 Å². The molecule has 1 amide bonds. The fraction of sp³-hybridized carbons (Fsp3) is 0.400. The van der Waals surface area contributed by atoms with E-state index in [9.17, 15) is 14.4 Å². The second-order valence-electron chi connectivity index (χ2n) is 7.41. The third-order valence-corrected chi connectivity index (χ3v) is 6.29. The Morgan fingerprint density at radius 2 is 1.77 bits per heavy atom. The number of carbonyl (C=O) groups excluding carboxylic acids is 1. The number of amides is 1. The quantitative estimate of drug-likeness (QED) is 0.635. The van der Waals surface area contributed by atoms with Crippen molar-refractivity contribution in [1.29, 1.82) is 0 Å². The smallest absolute Gasteiger partial charge is 0.329 e. The highest BCUT2D eigenvalue weighted by molar-refractivity contribution is 6.36. The summed E-state index contributed by atoms with van der Waals surface area (Å²) < 4.78 is 3.04. The lowest BCUT2D eigenvalue weighted by atomic mass is 10.2. The molecule has 3 heterocycles. The monoisotopic (exact) mass is 464 g/mol. The van der Waals surface area contributed by atoms with E-state index in [0.717, 1.165) is 0 Å². The summed E-state index contributed by atoms with van der Waals surface area (Å²) in [5, 5.41) is 0.944. The van der Waals surface area contributed by atoms with Crippen LogP contribution in [0, 0.1) is 0 Å². The van der Waals surface area contributed by atoms with E-state index < -0.39 is 11.2 Å². The number of hydrogen-bond acceptors (Lipinski definition) is 5. The summed E-state index contributed by atoms with van der Waals surface area (Å²) in [7, 11) is 1.56. The number of hydrogen-bond donors (Lipinski definition) is 1. The molecule has 11 heteroatoms. The highest BCUT2D eigenvalue weighted by Crippen LogP contribution is 2.29. The van der Waals surface area contributed by atoms with Gasteiger partial charge in [0.1, 0.15) is 0 Å². The maximum Gasteiger partial charge on any atom is 0.329 e. The normalized spacial score (nSPS) is 14.5. The van der Waals surface area contributed by atoms with Crippen LogP contribution in [-0.4, -0.2) is 56.1 Å². The molecule has 0 spiro atoms. The van der Waals surface area contributed by atoms with Crippen molar-refractivity contribution >= 4 is 46.2 Å². The number of benzene rings is 1. The molecule has 1 aliphatic rings. The SMILES string of the molecule is CCC(=O)N1CCN(c2nc3c(c(=O)[nH]c(=O)n3C)n2Cc2c(Cl)cccc2Cl)CC1. The number of piperazine rings is 1. The van der Waals surface area contributed by atoms with Crippen molar-refractivity contribution in [2.75, 3.05) is 31.1 Å². The maximum atomic E-state index is 12.7. The van der Waals surface area contributed by atoms with Crippen LogP contribution >= 0.6 is 23.2 Å². The Bertz CT molecular complexity index is 1250. The molecule has 0 radical (unpaired) electrons. The number of rotatable bonds is 4. The number of carbonyl (C=O) groups is 1. The van der Waals surface area contributed by atoms with Gasteiger partial charge in [-0.3, -0.25) is 23.7 Å². The van der Waals surface area contributed by atoms with Crippen LogP contribution < -0.4 is 16.1 Å². The molecule has 0 saturated carbocycles. The van der Waals surface area contributed by atoms with Crippen LogP contribution in [0.1, 0.15) is 18.9 Å². The number of aryl methyl sites for hydroxylation is 1. The average molecular weight is 465 g/mol. The number of aromatic nitrogens is 4. The number of nitrogens with zero attached hydrogens (tertiary/aromatic N) is 5. The van der Waals surface area contributed by atoms with Crippen LogP contribution in [0.2, 0.25) is 10.0 Å². The minimum atomic E-state index is -0.539. The third kappa shape index (κ3) is 3.83. The average Bonchev–Trinajstić information content (AvgIpc) is 3.14. The molecule has 0 bridgehead atoms. The summed E-state index contributed by atoms with van der Waals surface area (Å²) in [6.07, 6.45) is 0.459. The van der Waals surface area contributed by atoms with Gasteiger partial charge < -0.3 is 9.80 Å². The van der Waals surface area contributed by atoms with Crippen LogP contribution in [-0.2, 0) is 18.4 Å². The van der Waals surface area contributed by atoms with E-state index in [1.165, 1.54) is 4.57 Å². The first-order valence-electron chi connectivity index (χ1n) is 9.97. The predicted octanol–water partition coefficient (Wildman–Crippen LogP) is 1.84. The number of aromatic amines is 1. The van der Waals surface area contributed by atoms with Crippen molar-refractivity contribution in [2.24, 2.45) is 7.05 Å². The van der Waals surface area contributed by atoms with Gasteiger partial charge in [0.25, 0.3) is 5.56 Å². The number of anilines is 1. The fourth-order valence-electron chi connectivity index (χ4n) is 3.84. The molecule has 0 atom stereocenters. The van der Waals surface area contributed by atoms with E-state index in [1.54, 1.807) is 29.8 Å². The topological polar surface area (TPSA) is 96.2 Å². The zero-order chi connectivity index (χ0) is 22.3. The first-order chi connectivity index (χ1) is 14.8. The Balaban J connectivity index is 1.83. The molecular formula is C20H22Cl2N6O3. The van der Waals surface area contributed by atoms with Crippen LogP contribution in [0.5, 0.6) is 0 Å². The highest BCUT2D eigenvalue weighted by atomic mass is 35.5. The van der Waals surface area contributed by atoms with Gasteiger partial charge in [-0.1, -0.05) is 36.2 Å². The van der Waals surface area contributed by atoms with Gasteiger partial charge >= 0.3 is 5.69 Å². The molecule has 0 unspecified atom stereocenters. The van der Waals surface area contributed by atoms with Gasteiger partial charge in [0.15, 0.2) is 11.2 Å². The van der Waals surface area contributed by atoms with E-state index in [-0.39, 0.29) is 23.6 Å². The molecule has 2 aromatic heterocycles. The Labute approximate surface area is 187 Å². The predicted molar refractivity (Wildman–Crippen MR) is 120 cm³/mol. The maximum absolute atomic E-state index is 12.7. The van der Waals surface area contributed by atoms with Crippen LogP contribution in [0.3, 0.4) is 0 Å². The standard InChI is InChI=1S/C20H22Cl2N6O3/c1-3-15(29)26-7-9-27(10-8-26)19-23-17-16(18(30)24-20(31)25(17)2)28(19)11-12-13(21)5-4-6-14(12)22/h4-6H,3,7-11H2,1-2H3,(H,24,30,31). The lowest BCUT2D eigenvalue weighted by molar-refractivity contribution is -0.131. The van der Waals surface area contributed by atoms with Gasteiger partial charge in [0.05, 0.1) is 6.54 Å². The number of imidazole rings is 1. The van der Waals surface area contributed by atoms with Crippen molar-refractivity contribution in [2.45, 2.75) is 19.9 Å². The molecule has 1 saturated heterocycles. The Morgan fingerprint density at radius 3 is 2.39 bits per heavy atom. The van der Waals surface area contributed by atoms with Gasteiger partial charge in [-0.05, 0) is 12.1 Å². The van der Waals surface area contributed by atoms with E-state index in [1.807, 2.05) is 16.7 Å². The molecule has 31 heavy (non-hydrogen) atoms. The second kappa shape index (κ2) is 8.39. The summed E-state index contributed by atoms with van der Waals surface area (Å²) in [4.78, 5) is 47.7. The van der Waals surface area contributed by atoms with E-state index in [2.05, 4.69) is 9.97 Å². The van der Waals surface area contributed by atoms with Gasteiger partial charge in [-0.2, -0.15) is 4.98 Å². The van der Waals surface area contributed by atoms with Crippen molar-refractivity contribution in [3.63, 3.8) is 0 Å². The summed E-state index contributed by atoms with van der Waals surface area (Å²) in [6, 6.07) is 5.22. The van der Waals surface area contributed by atoms with Crippen LogP contribution in [0.15, 0.2) is 27.8 Å². The number of H-pyrrole nitrogens is 1. The summed E-state index contributed by atoms with van der Waals surface area (Å²) >= 11 is 12.8. The summed E-state index contributed by atoms with van der Waals surface area (Å²) in [5.41, 5.74) is 0.126. The number of fused-ring (bicyclic) bond motifs is 1. The molecule has 9 nitrogen and oxygen atoms in total. The number of nitrogens with one attached hydrogen (secondary N) is 1. The lowest BCUT2D eigenvalue weighted by Crippen LogP contribution is -2.49. The fourth-order valence-corrected chi connectivity index (χ4v) is 4.35. The molecule has 164 valence electrons. The van der Waals surface area contributed by atoms with Gasteiger partial charge in [-0.25, -0.2) is 4.79 Å². The van der Waals surface area contributed by atoms with Crippen LogP contribution in [0.25, 0.3) is 11.2 Å². The summed E-state index contributed by atoms with van der Waals surface area (Å²) in [5.74, 6) is 0.635. The van der Waals surface area contributed by atoms with Crippen molar-refractivity contribution in [3.8, 4) is 0 Å². The Morgan fingerprint density at radius 1 is 1.13 bits per heavy atom. The molecular weight excluding hydrogens is 443 g/mol. The van der Waals surface area contributed by atoms with Gasteiger partial charge in [0.2, 0.25) is 11.9 Å². The molecule has 3 aromatic rings.